The highest BCUT2D eigenvalue weighted by Gasteiger charge is 2.34. The molecule has 0 spiro atoms. The van der Waals surface area contributed by atoms with E-state index in [0.29, 0.717) is 17.7 Å². The molecule has 0 unspecified atom stereocenters. The first-order valence-electron chi connectivity index (χ1n) is 3.82. The van der Waals surface area contributed by atoms with Crippen LogP contribution in [0.2, 0.25) is 0 Å². The SMILES string of the molecule is N[C@@H]1C[C@@H]1c1ccc(O)cc1. The zero-order valence-electron chi connectivity index (χ0n) is 6.20. The van der Waals surface area contributed by atoms with E-state index in [1.165, 1.54) is 5.56 Å². The smallest absolute Gasteiger partial charge is 0.115 e. The first kappa shape index (κ1) is 6.68. The Labute approximate surface area is 65.7 Å². The van der Waals surface area contributed by atoms with E-state index in [2.05, 4.69) is 0 Å². The van der Waals surface area contributed by atoms with Crippen LogP contribution in [0.15, 0.2) is 24.3 Å². The number of aromatic hydroxyl groups is 1. The molecule has 1 aromatic carbocycles. The molecule has 0 aromatic heterocycles. The topological polar surface area (TPSA) is 46.2 Å². The third-order valence-electron chi connectivity index (χ3n) is 2.16. The molecule has 11 heavy (non-hydrogen) atoms. The van der Waals surface area contributed by atoms with Crippen LogP contribution in [0.4, 0.5) is 0 Å². The highest BCUT2D eigenvalue weighted by atomic mass is 16.3. The Morgan fingerprint density at radius 2 is 1.82 bits per heavy atom. The van der Waals surface area contributed by atoms with Crippen LogP contribution >= 0.6 is 0 Å². The lowest BCUT2D eigenvalue weighted by atomic mass is 10.1. The van der Waals surface area contributed by atoms with Gasteiger partial charge in [0.2, 0.25) is 0 Å². The van der Waals surface area contributed by atoms with Crippen molar-refractivity contribution in [2.45, 2.75) is 18.4 Å². The van der Waals surface area contributed by atoms with Gasteiger partial charge in [-0.25, -0.2) is 0 Å². The highest BCUT2D eigenvalue weighted by Crippen LogP contribution is 2.39. The van der Waals surface area contributed by atoms with Crippen LogP contribution in [0.5, 0.6) is 5.75 Å². The Morgan fingerprint density at radius 1 is 1.27 bits per heavy atom. The fourth-order valence-electron chi connectivity index (χ4n) is 1.32. The number of phenolic OH excluding ortho intramolecular Hbond substituents is 1. The van der Waals surface area contributed by atoms with Crippen LogP contribution in [0, 0.1) is 0 Å². The molecule has 2 nitrogen and oxygen atoms in total. The minimum absolute atomic E-state index is 0.322. The molecule has 1 fully saturated rings. The standard InChI is InChI=1S/C9H11NO/c10-9-5-8(9)6-1-3-7(11)4-2-6/h1-4,8-9,11H,5,10H2/t8-,9-/m1/s1. The van der Waals surface area contributed by atoms with Gasteiger partial charge in [0.25, 0.3) is 0 Å². The van der Waals surface area contributed by atoms with Gasteiger partial charge in [-0.05, 0) is 24.1 Å². The second kappa shape index (κ2) is 2.24. The van der Waals surface area contributed by atoms with Crippen molar-refractivity contribution in [3.63, 3.8) is 0 Å². The summed E-state index contributed by atoms with van der Waals surface area (Å²) in [6, 6.07) is 7.64. The number of phenols is 1. The molecule has 1 aliphatic rings. The molecule has 0 saturated heterocycles. The van der Waals surface area contributed by atoms with Gasteiger partial charge in [-0.2, -0.15) is 0 Å². The molecule has 0 aliphatic heterocycles. The summed E-state index contributed by atoms with van der Waals surface area (Å²) in [7, 11) is 0. The molecule has 0 amide bonds. The lowest BCUT2D eigenvalue weighted by molar-refractivity contribution is 0.475. The number of nitrogens with two attached hydrogens (primary N) is 1. The van der Waals surface area contributed by atoms with Crippen molar-refractivity contribution in [3.05, 3.63) is 29.8 Å². The van der Waals surface area contributed by atoms with E-state index in [-0.39, 0.29) is 0 Å². The Bertz CT molecular complexity index is 255. The molecule has 2 heteroatoms. The maximum Gasteiger partial charge on any atom is 0.115 e. The summed E-state index contributed by atoms with van der Waals surface area (Å²) >= 11 is 0. The maximum absolute atomic E-state index is 8.99. The van der Waals surface area contributed by atoms with Crippen molar-refractivity contribution < 1.29 is 5.11 Å². The van der Waals surface area contributed by atoms with Gasteiger partial charge in [-0.1, -0.05) is 12.1 Å². The largest absolute Gasteiger partial charge is 0.508 e. The highest BCUT2D eigenvalue weighted by molar-refractivity contribution is 5.32. The van der Waals surface area contributed by atoms with Crippen LogP contribution < -0.4 is 5.73 Å². The van der Waals surface area contributed by atoms with Gasteiger partial charge >= 0.3 is 0 Å². The normalized spacial score (nSPS) is 28.5. The summed E-state index contributed by atoms with van der Waals surface area (Å²) in [6.45, 7) is 0. The minimum atomic E-state index is 0.322. The van der Waals surface area contributed by atoms with E-state index >= 15 is 0 Å². The number of hydrogen-bond acceptors (Lipinski definition) is 2. The van der Waals surface area contributed by atoms with Crippen molar-refractivity contribution in [2.75, 3.05) is 0 Å². The summed E-state index contributed by atoms with van der Waals surface area (Å²) in [5, 5.41) is 8.99. The first-order valence-corrected chi connectivity index (χ1v) is 3.82. The molecular formula is C9H11NO. The molecule has 0 radical (unpaired) electrons. The lowest BCUT2D eigenvalue weighted by Gasteiger charge is -1.97. The van der Waals surface area contributed by atoms with Gasteiger partial charge in [0.05, 0.1) is 0 Å². The lowest BCUT2D eigenvalue weighted by Crippen LogP contribution is -2.00. The summed E-state index contributed by atoms with van der Waals surface area (Å²) in [5.74, 6) is 0.860. The van der Waals surface area contributed by atoms with Crippen molar-refractivity contribution >= 4 is 0 Å². The molecule has 58 valence electrons. The van der Waals surface area contributed by atoms with Gasteiger partial charge in [0.15, 0.2) is 0 Å². The fourth-order valence-corrected chi connectivity index (χ4v) is 1.32. The van der Waals surface area contributed by atoms with Gasteiger partial charge in [-0.15, -0.1) is 0 Å². The summed E-state index contributed by atoms with van der Waals surface area (Å²) in [4.78, 5) is 0. The first-order chi connectivity index (χ1) is 5.27. The van der Waals surface area contributed by atoms with Crippen LogP contribution in [-0.4, -0.2) is 11.1 Å². The third kappa shape index (κ3) is 1.21. The van der Waals surface area contributed by atoms with E-state index in [0.717, 1.165) is 6.42 Å². The van der Waals surface area contributed by atoms with Crippen molar-refractivity contribution in [1.29, 1.82) is 0 Å². The Morgan fingerprint density at radius 3 is 2.27 bits per heavy atom. The Balaban J connectivity index is 2.21. The molecule has 2 atom stereocenters. The zero-order valence-corrected chi connectivity index (χ0v) is 6.20. The maximum atomic E-state index is 8.99. The van der Waals surface area contributed by atoms with Gasteiger partial charge in [0.1, 0.15) is 5.75 Å². The predicted octanol–water partition coefficient (Wildman–Crippen LogP) is 1.21. The number of benzene rings is 1. The minimum Gasteiger partial charge on any atom is -0.508 e. The van der Waals surface area contributed by atoms with E-state index in [1.807, 2.05) is 12.1 Å². The summed E-state index contributed by atoms with van der Waals surface area (Å²) in [6.07, 6.45) is 1.09. The average molecular weight is 149 g/mol. The van der Waals surface area contributed by atoms with Crippen molar-refractivity contribution in [3.8, 4) is 5.75 Å². The van der Waals surface area contributed by atoms with Gasteiger partial charge in [-0.3, -0.25) is 0 Å². The Hall–Kier alpha value is -1.02. The van der Waals surface area contributed by atoms with E-state index in [4.69, 9.17) is 10.8 Å². The molecule has 0 heterocycles. The molecule has 3 N–H and O–H groups in total. The van der Waals surface area contributed by atoms with Crippen molar-refractivity contribution in [1.82, 2.24) is 0 Å². The summed E-state index contributed by atoms with van der Waals surface area (Å²) < 4.78 is 0. The number of rotatable bonds is 1. The molecule has 1 aromatic rings. The van der Waals surface area contributed by atoms with Gasteiger partial charge < -0.3 is 10.8 Å². The molecular weight excluding hydrogens is 138 g/mol. The van der Waals surface area contributed by atoms with Gasteiger partial charge in [0, 0.05) is 12.0 Å². The second-order valence-corrected chi connectivity index (χ2v) is 3.10. The quantitative estimate of drug-likeness (QED) is 0.630. The Kier molecular flexibility index (Phi) is 1.36. The van der Waals surface area contributed by atoms with Crippen LogP contribution in [0.25, 0.3) is 0 Å². The van der Waals surface area contributed by atoms with E-state index in [9.17, 15) is 0 Å². The third-order valence-corrected chi connectivity index (χ3v) is 2.16. The van der Waals surface area contributed by atoms with Crippen LogP contribution in [-0.2, 0) is 0 Å². The molecule has 1 saturated carbocycles. The number of hydrogen-bond donors (Lipinski definition) is 2. The fraction of sp³-hybridized carbons (Fsp3) is 0.333. The second-order valence-electron chi connectivity index (χ2n) is 3.10. The molecule has 0 bridgehead atoms. The van der Waals surface area contributed by atoms with E-state index < -0.39 is 0 Å². The average Bonchev–Trinajstić information content (AvgIpc) is 2.69. The summed E-state index contributed by atoms with van der Waals surface area (Å²) in [5.41, 5.74) is 6.92. The molecule has 1 aliphatic carbocycles. The molecule has 2 rings (SSSR count). The monoisotopic (exact) mass is 149 g/mol. The predicted molar refractivity (Wildman–Crippen MR) is 43.4 cm³/mol. The van der Waals surface area contributed by atoms with Crippen LogP contribution in [0.3, 0.4) is 0 Å². The zero-order chi connectivity index (χ0) is 7.84. The van der Waals surface area contributed by atoms with E-state index in [1.54, 1.807) is 12.1 Å². The van der Waals surface area contributed by atoms with Crippen LogP contribution in [0.1, 0.15) is 17.9 Å². The van der Waals surface area contributed by atoms with Crippen molar-refractivity contribution in [2.24, 2.45) is 5.73 Å².